The molecule has 3 N–H and O–H groups in total. The predicted octanol–water partition coefficient (Wildman–Crippen LogP) is 2.82. The highest BCUT2D eigenvalue weighted by Crippen LogP contribution is 2.25. The van der Waals surface area contributed by atoms with E-state index in [-0.39, 0.29) is 20.9 Å². The summed E-state index contributed by atoms with van der Waals surface area (Å²) in [6.45, 7) is 3.34. The molecule has 0 radical (unpaired) electrons. The number of sulfonamides is 1. The molecule has 1 atom stereocenters. The summed E-state index contributed by atoms with van der Waals surface area (Å²) in [5, 5.41) is 2.01. The molecule has 0 aliphatic rings. The Kier molecular flexibility index (Phi) is 7.24. The SMILES string of the molecule is CC(C)C(NS(=O)(=O)c1ccc(Cl)c(Cl)c1)C(=O)NNC(=O)c1cccs1. The molecular formula is C16H17Cl2N3O4S2. The number of halogens is 2. The molecule has 146 valence electrons. The molecule has 0 spiro atoms. The first-order valence-corrected chi connectivity index (χ1v) is 10.8. The number of hydrogen-bond acceptors (Lipinski definition) is 5. The molecule has 1 aromatic carbocycles. The van der Waals surface area contributed by atoms with Gasteiger partial charge in [-0.1, -0.05) is 43.1 Å². The maximum absolute atomic E-state index is 12.6. The summed E-state index contributed by atoms with van der Waals surface area (Å²) in [4.78, 5) is 24.6. The van der Waals surface area contributed by atoms with Crippen LogP contribution in [0.2, 0.25) is 10.0 Å². The van der Waals surface area contributed by atoms with Crippen molar-refractivity contribution in [3.05, 3.63) is 50.6 Å². The zero-order chi connectivity index (χ0) is 20.2. The lowest BCUT2D eigenvalue weighted by Crippen LogP contribution is -2.54. The van der Waals surface area contributed by atoms with E-state index in [9.17, 15) is 18.0 Å². The average molecular weight is 450 g/mol. The first kappa shape index (κ1) is 21.6. The highest BCUT2D eigenvalue weighted by atomic mass is 35.5. The highest BCUT2D eigenvalue weighted by Gasteiger charge is 2.29. The van der Waals surface area contributed by atoms with E-state index in [4.69, 9.17) is 23.2 Å². The fourth-order valence-electron chi connectivity index (χ4n) is 2.04. The standard InChI is InChI=1S/C16H17Cl2N3O4S2/c1-9(2)14(16(23)20-19-15(22)13-4-3-7-26-13)21-27(24,25)10-5-6-11(17)12(18)8-10/h3-9,14,21H,1-2H3,(H,19,22)(H,20,23). The quantitative estimate of drug-likeness (QED) is 0.589. The molecule has 27 heavy (non-hydrogen) atoms. The number of rotatable bonds is 6. The van der Waals surface area contributed by atoms with E-state index in [0.717, 1.165) is 0 Å². The van der Waals surface area contributed by atoms with Gasteiger partial charge in [-0.2, -0.15) is 4.72 Å². The minimum absolute atomic E-state index is 0.0771. The number of thiophene rings is 1. The normalized spacial score (nSPS) is 12.6. The number of hydrogen-bond donors (Lipinski definition) is 3. The zero-order valence-electron chi connectivity index (χ0n) is 14.3. The van der Waals surface area contributed by atoms with Gasteiger partial charge in [0.15, 0.2) is 0 Å². The van der Waals surface area contributed by atoms with Crippen LogP contribution in [0.5, 0.6) is 0 Å². The number of benzene rings is 1. The summed E-state index contributed by atoms with van der Waals surface area (Å²) in [5.74, 6) is -1.58. The number of carbonyl (C=O) groups is 2. The van der Waals surface area contributed by atoms with Crippen molar-refractivity contribution in [1.82, 2.24) is 15.6 Å². The van der Waals surface area contributed by atoms with E-state index in [1.807, 2.05) is 0 Å². The van der Waals surface area contributed by atoms with Crippen LogP contribution in [-0.4, -0.2) is 26.3 Å². The molecule has 2 rings (SSSR count). The van der Waals surface area contributed by atoms with Gasteiger partial charge in [-0.3, -0.25) is 20.4 Å². The van der Waals surface area contributed by atoms with Crippen molar-refractivity contribution in [2.24, 2.45) is 5.92 Å². The maximum atomic E-state index is 12.6. The minimum atomic E-state index is -4.04. The van der Waals surface area contributed by atoms with Gasteiger partial charge in [0.25, 0.3) is 11.8 Å². The molecule has 7 nitrogen and oxygen atoms in total. The Morgan fingerprint density at radius 3 is 2.33 bits per heavy atom. The maximum Gasteiger partial charge on any atom is 0.279 e. The van der Waals surface area contributed by atoms with Crippen molar-refractivity contribution in [3.8, 4) is 0 Å². The molecule has 0 saturated heterocycles. The van der Waals surface area contributed by atoms with Gasteiger partial charge in [-0.15, -0.1) is 11.3 Å². The monoisotopic (exact) mass is 449 g/mol. The van der Waals surface area contributed by atoms with Crippen molar-refractivity contribution < 1.29 is 18.0 Å². The van der Waals surface area contributed by atoms with Crippen LogP contribution in [0.4, 0.5) is 0 Å². The second-order valence-electron chi connectivity index (χ2n) is 5.84. The lowest BCUT2D eigenvalue weighted by molar-refractivity contribution is -0.124. The van der Waals surface area contributed by atoms with Gasteiger partial charge in [-0.25, -0.2) is 8.42 Å². The second-order valence-corrected chi connectivity index (χ2v) is 9.32. The van der Waals surface area contributed by atoms with E-state index < -0.39 is 27.9 Å². The van der Waals surface area contributed by atoms with Crippen LogP contribution < -0.4 is 15.6 Å². The second kappa shape index (κ2) is 9.03. The minimum Gasteiger partial charge on any atom is -0.271 e. The predicted molar refractivity (Wildman–Crippen MR) is 105 cm³/mol. The molecule has 1 heterocycles. The van der Waals surface area contributed by atoms with Crippen LogP contribution >= 0.6 is 34.5 Å². The zero-order valence-corrected chi connectivity index (χ0v) is 17.5. The number of nitrogens with one attached hydrogen (secondary N) is 3. The molecule has 1 unspecified atom stereocenters. The summed E-state index contributed by atoms with van der Waals surface area (Å²) in [7, 11) is -4.04. The Bertz CT molecular complexity index is 931. The first-order valence-electron chi connectivity index (χ1n) is 7.73. The van der Waals surface area contributed by atoms with E-state index in [1.54, 1.807) is 31.4 Å². The molecule has 0 saturated carbocycles. The fraction of sp³-hybridized carbons (Fsp3) is 0.250. The third-order valence-electron chi connectivity index (χ3n) is 3.48. The summed E-state index contributed by atoms with van der Waals surface area (Å²) >= 11 is 12.9. The summed E-state index contributed by atoms with van der Waals surface area (Å²) in [6, 6.07) is 6.00. The van der Waals surface area contributed by atoms with Gasteiger partial charge in [0, 0.05) is 0 Å². The largest absolute Gasteiger partial charge is 0.279 e. The van der Waals surface area contributed by atoms with Crippen LogP contribution in [0.3, 0.4) is 0 Å². The average Bonchev–Trinajstić information content (AvgIpc) is 3.14. The summed E-state index contributed by atoms with van der Waals surface area (Å²) < 4.78 is 27.4. The number of amides is 2. The van der Waals surface area contributed by atoms with Crippen LogP contribution in [-0.2, 0) is 14.8 Å². The van der Waals surface area contributed by atoms with Gasteiger partial charge in [0.2, 0.25) is 10.0 Å². The lowest BCUT2D eigenvalue weighted by Gasteiger charge is -2.21. The Labute approximate surface area is 171 Å². The van der Waals surface area contributed by atoms with Crippen molar-refractivity contribution in [2.75, 3.05) is 0 Å². The van der Waals surface area contributed by atoms with E-state index >= 15 is 0 Å². The fourth-order valence-corrected chi connectivity index (χ4v) is 4.39. The molecule has 0 aliphatic heterocycles. The molecule has 2 amide bonds. The van der Waals surface area contributed by atoms with Crippen molar-refractivity contribution in [2.45, 2.75) is 24.8 Å². The molecule has 11 heteroatoms. The molecule has 0 aliphatic carbocycles. The van der Waals surface area contributed by atoms with Crippen molar-refractivity contribution in [1.29, 1.82) is 0 Å². The molecule has 0 fully saturated rings. The van der Waals surface area contributed by atoms with Crippen molar-refractivity contribution in [3.63, 3.8) is 0 Å². The highest BCUT2D eigenvalue weighted by molar-refractivity contribution is 7.89. The van der Waals surface area contributed by atoms with E-state index in [1.165, 1.54) is 29.5 Å². The molecular weight excluding hydrogens is 433 g/mol. The van der Waals surface area contributed by atoms with E-state index in [0.29, 0.717) is 4.88 Å². The Hall–Kier alpha value is -1.65. The molecule has 1 aromatic heterocycles. The van der Waals surface area contributed by atoms with Gasteiger partial charge in [0.05, 0.1) is 19.8 Å². The first-order chi connectivity index (χ1) is 12.6. The number of hydrazine groups is 1. The van der Waals surface area contributed by atoms with Gasteiger partial charge in [0.1, 0.15) is 6.04 Å². The molecule has 2 aromatic rings. The van der Waals surface area contributed by atoms with Crippen LogP contribution in [0.15, 0.2) is 40.6 Å². The van der Waals surface area contributed by atoms with Crippen LogP contribution in [0, 0.1) is 5.92 Å². The third-order valence-corrected chi connectivity index (χ3v) is 6.52. The third kappa shape index (κ3) is 5.66. The summed E-state index contributed by atoms with van der Waals surface area (Å²) in [5.41, 5.74) is 4.50. The Morgan fingerprint density at radius 2 is 1.78 bits per heavy atom. The Morgan fingerprint density at radius 1 is 1.07 bits per heavy atom. The van der Waals surface area contributed by atoms with Crippen LogP contribution in [0.25, 0.3) is 0 Å². The van der Waals surface area contributed by atoms with Crippen LogP contribution in [0.1, 0.15) is 23.5 Å². The molecule has 0 bridgehead atoms. The topological polar surface area (TPSA) is 104 Å². The Balaban J connectivity index is 2.10. The van der Waals surface area contributed by atoms with Gasteiger partial charge < -0.3 is 0 Å². The van der Waals surface area contributed by atoms with Gasteiger partial charge in [-0.05, 0) is 35.6 Å². The smallest absolute Gasteiger partial charge is 0.271 e. The van der Waals surface area contributed by atoms with E-state index in [2.05, 4.69) is 15.6 Å². The number of carbonyl (C=O) groups excluding carboxylic acids is 2. The lowest BCUT2D eigenvalue weighted by atomic mass is 10.1. The van der Waals surface area contributed by atoms with Gasteiger partial charge >= 0.3 is 0 Å². The summed E-state index contributed by atoms with van der Waals surface area (Å²) in [6.07, 6.45) is 0. The van der Waals surface area contributed by atoms with Crippen molar-refractivity contribution >= 4 is 56.4 Å².